The van der Waals surface area contributed by atoms with E-state index in [1.54, 1.807) is 0 Å². The van der Waals surface area contributed by atoms with Crippen LogP contribution >= 0.6 is 0 Å². The van der Waals surface area contributed by atoms with Crippen molar-refractivity contribution in [3.8, 4) is 0 Å². The van der Waals surface area contributed by atoms with E-state index >= 15 is 0 Å². The predicted octanol–water partition coefficient (Wildman–Crippen LogP) is 3.77. The fourth-order valence-corrected chi connectivity index (χ4v) is 3.48. The van der Waals surface area contributed by atoms with Gasteiger partial charge in [-0.05, 0) is 11.1 Å². The second kappa shape index (κ2) is 9.88. The van der Waals surface area contributed by atoms with Gasteiger partial charge in [-0.2, -0.15) is 21.6 Å². The average Bonchev–Trinajstić information content (AvgIpc) is 2.72. The molecule has 0 N–H and O–H groups in total. The Balaban J connectivity index is 1.66. The highest BCUT2D eigenvalue weighted by atomic mass is 32.2. The molecule has 3 atom stereocenters. The lowest BCUT2D eigenvalue weighted by atomic mass is 10.1. The normalized spacial score (nSPS) is 22.7. The summed E-state index contributed by atoms with van der Waals surface area (Å²) >= 11 is 0. The maximum Gasteiger partial charge on any atom is 0.523 e. The quantitative estimate of drug-likeness (QED) is 0.454. The lowest BCUT2D eigenvalue weighted by Crippen LogP contribution is -2.46. The Hall–Kier alpha value is -1.98. The smallest absolute Gasteiger partial charge is 0.368 e. The van der Waals surface area contributed by atoms with Gasteiger partial charge in [0.05, 0.1) is 19.8 Å². The largest absolute Gasteiger partial charge is 0.523 e. The Morgan fingerprint density at radius 3 is 1.97 bits per heavy atom. The summed E-state index contributed by atoms with van der Waals surface area (Å²) in [6.07, 6.45) is -3.19. The molecule has 1 aliphatic rings. The Morgan fingerprint density at radius 1 is 0.900 bits per heavy atom. The Bertz CT molecular complexity index is 890. The fraction of sp³-hybridized carbons (Fsp3) is 0.400. The van der Waals surface area contributed by atoms with E-state index in [0.29, 0.717) is 0 Å². The van der Waals surface area contributed by atoms with Gasteiger partial charge < -0.3 is 14.2 Å². The summed E-state index contributed by atoms with van der Waals surface area (Å²) in [5.74, 6) is 0. The van der Waals surface area contributed by atoms with Gasteiger partial charge in [0.1, 0.15) is 12.2 Å². The van der Waals surface area contributed by atoms with Gasteiger partial charge in [0, 0.05) is 6.42 Å². The molecule has 0 spiro atoms. The molecule has 6 nitrogen and oxygen atoms in total. The number of rotatable bonds is 8. The molecule has 164 valence electrons. The van der Waals surface area contributed by atoms with Crippen LogP contribution in [0.4, 0.5) is 13.2 Å². The monoisotopic (exact) mass is 446 g/mol. The van der Waals surface area contributed by atoms with E-state index in [4.69, 9.17) is 14.2 Å². The number of benzene rings is 2. The molecule has 1 saturated heterocycles. The number of alkyl halides is 3. The summed E-state index contributed by atoms with van der Waals surface area (Å²) in [6.45, 7) is -0.0259. The van der Waals surface area contributed by atoms with E-state index < -0.39 is 34.1 Å². The van der Waals surface area contributed by atoms with Crippen molar-refractivity contribution in [2.75, 3.05) is 6.61 Å². The van der Waals surface area contributed by atoms with E-state index in [9.17, 15) is 21.6 Å². The minimum absolute atomic E-state index is 0.137. The summed E-state index contributed by atoms with van der Waals surface area (Å²) in [6, 6.07) is 18.4. The zero-order valence-electron chi connectivity index (χ0n) is 15.8. The summed E-state index contributed by atoms with van der Waals surface area (Å²) in [7, 11) is -5.74. The van der Waals surface area contributed by atoms with Crippen LogP contribution in [0.2, 0.25) is 0 Å². The third kappa shape index (κ3) is 6.26. The molecular formula is C20H21F3O6S. The van der Waals surface area contributed by atoms with Gasteiger partial charge in [-0.3, -0.25) is 4.18 Å². The fourth-order valence-electron chi connectivity index (χ4n) is 2.88. The molecule has 2 aromatic carbocycles. The van der Waals surface area contributed by atoms with Crippen LogP contribution in [-0.2, 0) is 41.7 Å². The van der Waals surface area contributed by atoms with Crippen LogP contribution in [-0.4, -0.2) is 39.0 Å². The minimum atomic E-state index is -5.74. The molecule has 0 amide bonds. The highest BCUT2D eigenvalue weighted by Gasteiger charge is 2.49. The van der Waals surface area contributed by atoms with Crippen LogP contribution in [0.5, 0.6) is 0 Å². The first-order valence-electron chi connectivity index (χ1n) is 9.17. The lowest BCUT2D eigenvalue weighted by Gasteiger charge is -2.35. The Morgan fingerprint density at radius 2 is 1.43 bits per heavy atom. The van der Waals surface area contributed by atoms with Crippen molar-refractivity contribution >= 4 is 10.1 Å². The second-order valence-corrected chi connectivity index (χ2v) is 8.25. The van der Waals surface area contributed by atoms with Crippen molar-refractivity contribution in [2.45, 2.75) is 43.6 Å². The van der Waals surface area contributed by atoms with Gasteiger partial charge in [0.2, 0.25) is 0 Å². The lowest BCUT2D eigenvalue weighted by molar-refractivity contribution is -0.251. The second-order valence-electron chi connectivity index (χ2n) is 6.69. The van der Waals surface area contributed by atoms with Gasteiger partial charge in [-0.1, -0.05) is 60.7 Å². The third-order valence-electron chi connectivity index (χ3n) is 4.36. The maximum absolute atomic E-state index is 12.6. The van der Waals surface area contributed by atoms with Crippen LogP contribution in [0, 0.1) is 0 Å². The van der Waals surface area contributed by atoms with E-state index in [-0.39, 0.29) is 26.2 Å². The predicted molar refractivity (Wildman–Crippen MR) is 100 cm³/mol. The van der Waals surface area contributed by atoms with Crippen molar-refractivity contribution in [2.24, 2.45) is 0 Å². The number of hydrogen-bond acceptors (Lipinski definition) is 6. The number of ether oxygens (including phenoxy) is 3. The summed E-state index contributed by atoms with van der Waals surface area (Å²) < 4.78 is 81.9. The van der Waals surface area contributed by atoms with E-state index in [2.05, 4.69) is 4.18 Å². The van der Waals surface area contributed by atoms with Crippen molar-refractivity contribution in [3.05, 3.63) is 71.8 Å². The zero-order chi connectivity index (χ0) is 21.6. The molecule has 0 aromatic heterocycles. The third-order valence-corrected chi connectivity index (χ3v) is 5.45. The molecule has 0 radical (unpaired) electrons. The van der Waals surface area contributed by atoms with Crippen LogP contribution in [0.15, 0.2) is 60.7 Å². The first kappa shape index (κ1) is 22.7. The molecule has 0 aliphatic carbocycles. The van der Waals surface area contributed by atoms with Crippen LogP contribution < -0.4 is 0 Å². The first-order chi connectivity index (χ1) is 14.2. The van der Waals surface area contributed by atoms with Gasteiger partial charge in [-0.25, -0.2) is 0 Å². The maximum atomic E-state index is 12.6. The molecule has 30 heavy (non-hydrogen) atoms. The Kier molecular flexibility index (Phi) is 7.48. The molecule has 1 fully saturated rings. The molecule has 0 bridgehead atoms. The van der Waals surface area contributed by atoms with Crippen molar-refractivity contribution < 1.29 is 40.0 Å². The van der Waals surface area contributed by atoms with Crippen LogP contribution in [0.1, 0.15) is 17.5 Å². The molecular weight excluding hydrogens is 425 g/mol. The van der Waals surface area contributed by atoms with Gasteiger partial charge >= 0.3 is 15.6 Å². The van der Waals surface area contributed by atoms with E-state index in [1.165, 1.54) is 0 Å². The molecule has 3 unspecified atom stereocenters. The SMILES string of the molecule is O=S(=O)(OC1COC(OCc2ccccc2)C(OCc2ccccc2)C1)C(F)(F)F. The van der Waals surface area contributed by atoms with Gasteiger partial charge in [0.15, 0.2) is 6.29 Å². The zero-order valence-corrected chi connectivity index (χ0v) is 16.6. The number of hydrogen-bond donors (Lipinski definition) is 0. The van der Waals surface area contributed by atoms with Gasteiger partial charge in [0.25, 0.3) is 0 Å². The summed E-state index contributed by atoms with van der Waals surface area (Å²) in [5, 5.41) is 0. The highest BCUT2D eigenvalue weighted by Crippen LogP contribution is 2.30. The molecule has 10 heteroatoms. The van der Waals surface area contributed by atoms with E-state index in [1.807, 2.05) is 60.7 Å². The van der Waals surface area contributed by atoms with Crippen molar-refractivity contribution in [1.82, 2.24) is 0 Å². The molecule has 3 rings (SSSR count). The minimum Gasteiger partial charge on any atom is -0.368 e. The average molecular weight is 446 g/mol. The first-order valence-corrected chi connectivity index (χ1v) is 10.6. The van der Waals surface area contributed by atoms with E-state index in [0.717, 1.165) is 11.1 Å². The standard InChI is InChI=1S/C20H21F3O6S/c21-20(22,23)30(24,25)29-17-11-18(26-12-15-7-3-1-4-8-15)19(28-14-17)27-13-16-9-5-2-6-10-16/h1-10,17-19H,11-14H2. The molecule has 0 saturated carbocycles. The van der Waals surface area contributed by atoms with Crippen LogP contribution in [0.25, 0.3) is 0 Å². The number of halogens is 3. The topological polar surface area (TPSA) is 71.1 Å². The molecule has 2 aromatic rings. The van der Waals surface area contributed by atoms with Gasteiger partial charge in [-0.15, -0.1) is 0 Å². The van der Waals surface area contributed by atoms with Crippen LogP contribution in [0.3, 0.4) is 0 Å². The molecule has 1 heterocycles. The summed E-state index contributed by atoms with van der Waals surface area (Å²) in [4.78, 5) is 0. The highest BCUT2D eigenvalue weighted by molar-refractivity contribution is 7.87. The summed E-state index contributed by atoms with van der Waals surface area (Å²) in [5.41, 5.74) is -3.79. The van der Waals surface area contributed by atoms with Crippen molar-refractivity contribution in [1.29, 1.82) is 0 Å². The molecule has 1 aliphatic heterocycles. The van der Waals surface area contributed by atoms with Crippen molar-refractivity contribution in [3.63, 3.8) is 0 Å². The Labute approximate surface area is 172 Å².